The molecular weight excluding hydrogens is 297 g/mol. The molecule has 1 N–H and O–H groups in total. The van der Waals surface area contributed by atoms with Gasteiger partial charge in [-0.1, -0.05) is 18.2 Å². The van der Waals surface area contributed by atoms with Crippen molar-refractivity contribution < 1.29 is 13.2 Å². The fourth-order valence-electron chi connectivity index (χ4n) is 2.16. The standard InChI is InChI=1S/C15H17F3N2S/c1-10-9-21-14(20-10)7-8-19-11(2)12-5-3-4-6-13(12)15(16,17)18/h3-6,9,11,19H,7-8H2,1-2H3. The summed E-state index contributed by atoms with van der Waals surface area (Å²) in [5, 5.41) is 6.10. The Morgan fingerprint density at radius 3 is 2.62 bits per heavy atom. The number of aromatic nitrogens is 1. The molecule has 2 rings (SSSR count). The van der Waals surface area contributed by atoms with Crippen LogP contribution in [-0.2, 0) is 12.6 Å². The summed E-state index contributed by atoms with van der Waals surface area (Å²) in [6, 6.07) is 5.33. The molecule has 1 aromatic heterocycles. The number of thiazole rings is 1. The number of halogens is 3. The molecule has 1 atom stereocenters. The number of nitrogens with one attached hydrogen (secondary N) is 1. The highest BCUT2D eigenvalue weighted by Crippen LogP contribution is 2.34. The minimum Gasteiger partial charge on any atom is -0.310 e. The summed E-state index contributed by atoms with van der Waals surface area (Å²) >= 11 is 1.57. The van der Waals surface area contributed by atoms with E-state index in [1.807, 2.05) is 12.3 Å². The van der Waals surface area contributed by atoms with Gasteiger partial charge < -0.3 is 5.32 Å². The van der Waals surface area contributed by atoms with Gasteiger partial charge in [0.25, 0.3) is 0 Å². The van der Waals surface area contributed by atoms with Crippen molar-refractivity contribution in [3.8, 4) is 0 Å². The van der Waals surface area contributed by atoms with Crippen LogP contribution in [0.3, 0.4) is 0 Å². The number of rotatable bonds is 5. The van der Waals surface area contributed by atoms with Crippen LogP contribution >= 0.6 is 11.3 Å². The first kappa shape index (κ1) is 16.0. The van der Waals surface area contributed by atoms with Crippen molar-refractivity contribution in [1.29, 1.82) is 0 Å². The smallest absolute Gasteiger partial charge is 0.310 e. The number of nitrogens with zero attached hydrogens (tertiary/aromatic N) is 1. The Kier molecular flexibility index (Phi) is 5.00. The van der Waals surface area contributed by atoms with Crippen LogP contribution in [0.15, 0.2) is 29.6 Å². The van der Waals surface area contributed by atoms with Gasteiger partial charge in [0.15, 0.2) is 0 Å². The van der Waals surface area contributed by atoms with Gasteiger partial charge in [-0.3, -0.25) is 0 Å². The van der Waals surface area contributed by atoms with E-state index in [-0.39, 0.29) is 11.6 Å². The molecule has 1 unspecified atom stereocenters. The quantitative estimate of drug-likeness (QED) is 0.887. The first-order valence-electron chi connectivity index (χ1n) is 6.68. The van der Waals surface area contributed by atoms with Gasteiger partial charge in [0.2, 0.25) is 0 Å². The van der Waals surface area contributed by atoms with Crippen molar-refractivity contribution >= 4 is 11.3 Å². The van der Waals surface area contributed by atoms with Crippen LogP contribution in [0, 0.1) is 6.92 Å². The molecule has 0 aliphatic rings. The highest BCUT2D eigenvalue weighted by molar-refractivity contribution is 7.09. The molecule has 2 aromatic rings. The molecule has 0 aliphatic carbocycles. The van der Waals surface area contributed by atoms with E-state index in [0.29, 0.717) is 6.54 Å². The summed E-state index contributed by atoms with van der Waals surface area (Å²) in [7, 11) is 0. The second-order valence-electron chi connectivity index (χ2n) is 4.89. The fourth-order valence-corrected chi connectivity index (χ4v) is 2.93. The number of hydrogen-bond donors (Lipinski definition) is 1. The van der Waals surface area contributed by atoms with E-state index in [0.717, 1.165) is 23.2 Å². The maximum atomic E-state index is 13.0. The van der Waals surface area contributed by atoms with Crippen molar-refractivity contribution in [1.82, 2.24) is 10.3 Å². The summed E-state index contributed by atoms with van der Waals surface area (Å²) in [5.74, 6) is 0. The van der Waals surface area contributed by atoms with Crippen LogP contribution in [-0.4, -0.2) is 11.5 Å². The Morgan fingerprint density at radius 1 is 1.29 bits per heavy atom. The van der Waals surface area contributed by atoms with E-state index in [1.54, 1.807) is 24.3 Å². The lowest BCUT2D eigenvalue weighted by Gasteiger charge is -2.19. The Labute approximate surface area is 126 Å². The number of alkyl halides is 3. The van der Waals surface area contributed by atoms with Gasteiger partial charge in [0.1, 0.15) is 0 Å². The average Bonchev–Trinajstić information content (AvgIpc) is 2.83. The number of aryl methyl sites for hydroxylation is 1. The molecule has 1 heterocycles. The Hall–Kier alpha value is -1.40. The first-order valence-corrected chi connectivity index (χ1v) is 7.56. The molecule has 21 heavy (non-hydrogen) atoms. The maximum Gasteiger partial charge on any atom is 0.416 e. The summed E-state index contributed by atoms with van der Waals surface area (Å²) in [4.78, 5) is 4.34. The van der Waals surface area contributed by atoms with Crippen LogP contribution in [0.2, 0.25) is 0 Å². The van der Waals surface area contributed by atoms with Crippen molar-refractivity contribution in [3.05, 3.63) is 51.5 Å². The second kappa shape index (κ2) is 6.58. The summed E-state index contributed by atoms with van der Waals surface area (Å²) in [6.45, 7) is 4.27. The summed E-state index contributed by atoms with van der Waals surface area (Å²) in [5.41, 5.74) is 0.681. The molecule has 1 aromatic carbocycles. The SMILES string of the molecule is Cc1csc(CCNC(C)c2ccccc2C(F)(F)F)n1. The lowest BCUT2D eigenvalue weighted by atomic mass is 10.0. The lowest BCUT2D eigenvalue weighted by Crippen LogP contribution is -2.24. The van der Waals surface area contributed by atoms with Crippen molar-refractivity contribution in [3.63, 3.8) is 0 Å². The predicted molar refractivity (Wildman–Crippen MR) is 78.4 cm³/mol. The van der Waals surface area contributed by atoms with Gasteiger partial charge in [-0.2, -0.15) is 13.2 Å². The van der Waals surface area contributed by atoms with Crippen LogP contribution in [0.1, 0.15) is 34.8 Å². The number of hydrogen-bond acceptors (Lipinski definition) is 3. The molecule has 0 spiro atoms. The fraction of sp³-hybridized carbons (Fsp3) is 0.400. The average molecular weight is 314 g/mol. The van der Waals surface area contributed by atoms with E-state index in [1.165, 1.54) is 12.1 Å². The minimum absolute atomic E-state index is 0.278. The van der Waals surface area contributed by atoms with Crippen LogP contribution in [0.4, 0.5) is 13.2 Å². The summed E-state index contributed by atoms with van der Waals surface area (Å²) < 4.78 is 38.9. The molecule has 0 bridgehead atoms. The molecule has 0 fully saturated rings. The topological polar surface area (TPSA) is 24.9 Å². The Morgan fingerprint density at radius 2 is 2.00 bits per heavy atom. The monoisotopic (exact) mass is 314 g/mol. The third kappa shape index (κ3) is 4.28. The first-order chi connectivity index (χ1) is 9.88. The number of benzene rings is 1. The third-order valence-electron chi connectivity index (χ3n) is 3.19. The Bertz CT molecular complexity index is 593. The molecule has 114 valence electrons. The zero-order valence-electron chi connectivity index (χ0n) is 11.9. The van der Waals surface area contributed by atoms with Gasteiger partial charge in [-0.25, -0.2) is 4.98 Å². The molecule has 0 aliphatic heterocycles. The molecular formula is C15H17F3N2S. The zero-order chi connectivity index (χ0) is 15.5. The van der Waals surface area contributed by atoms with E-state index < -0.39 is 11.7 Å². The van der Waals surface area contributed by atoms with Crippen molar-refractivity contribution in [2.45, 2.75) is 32.5 Å². The zero-order valence-corrected chi connectivity index (χ0v) is 12.7. The van der Waals surface area contributed by atoms with Crippen LogP contribution < -0.4 is 5.32 Å². The highest BCUT2D eigenvalue weighted by atomic mass is 32.1. The Balaban J connectivity index is 1.99. The van der Waals surface area contributed by atoms with Crippen LogP contribution in [0.25, 0.3) is 0 Å². The largest absolute Gasteiger partial charge is 0.416 e. The van der Waals surface area contributed by atoms with Gasteiger partial charge in [-0.05, 0) is 25.5 Å². The van der Waals surface area contributed by atoms with Crippen molar-refractivity contribution in [2.75, 3.05) is 6.54 Å². The van der Waals surface area contributed by atoms with Gasteiger partial charge >= 0.3 is 6.18 Å². The molecule has 0 saturated heterocycles. The third-order valence-corrected chi connectivity index (χ3v) is 4.22. The van der Waals surface area contributed by atoms with E-state index in [2.05, 4.69) is 10.3 Å². The molecule has 0 radical (unpaired) electrons. The maximum absolute atomic E-state index is 13.0. The lowest BCUT2D eigenvalue weighted by molar-refractivity contribution is -0.138. The minimum atomic E-state index is -4.32. The van der Waals surface area contributed by atoms with E-state index >= 15 is 0 Å². The second-order valence-corrected chi connectivity index (χ2v) is 5.84. The van der Waals surface area contributed by atoms with Crippen molar-refractivity contribution in [2.24, 2.45) is 0 Å². The molecule has 6 heteroatoms. The molecule has 0 saturated carbocycles. The predicted octanol–water partition coefficient (Wildman–Crippen LogP) is 4.36. The van der Waals surface area contributed by atoms with Crippen LogP contribution in [0.5, 0.6) is 0 Å². The normalized spacial score (nSPS) is 13.4. The van der Waals surface area contributed by atoms with Gasteiger partial charge in [-0.15, -0.1) is 11.3 Å². The van der Waals surface area contributed by atoms with E-state index in [9.17, 15) is 13.2 Å². The molecule has 0 amide bonds. The van der Waals surface area contributed by atoms with Gasteiger partial charge in [0.05, 0.1) is 10.6 Å². The van der Waals surface area contributed by atoms with E-state index in [4.69, 9.17) is 0 Å². The highest BCUT2D eigenvalue weighted by Gasteiger charge is 2.33. The molecule has 2 nitrogen and oxygen atoms in total. The van der Waals surface area contributed by atoms with Gasteiger partial charge in [0, 0.05) is 30.1 Å². The summed E-state index contributed by atoms with van der Waals surface area (Å²) in [6.07, 6.45) is -3.60.